The van der Waals surface area contributed by atoms with Crippen LogP contribution in [0.2, 0.25) is 0 Å². The Morgan fingerprint density at radius 2 is 2.10 bits per heavy atom. The predicted molar refractivity (Wildman–Crippen MR) is 80.4 cm³/mol. The second-order valence-electron chi connectivity index (χ2n) is 4.93. The fourth-order valence-corrected chi connectivity index (χ4v) is 5.70. The zero-order valence-electron chi connectivity index (χ0n) is 12.0. The highest BCUT2D eigenvalue weighted by molar-refractivity contribution is 7.89. The Balaban J connectivity index is 2.18. The summed E-state index contributed by atoms with van der Waals surface area (Å²) in [6, 6.07) is 0. The van der Waals surface area contributed by atoms with Crippen molar-refractivity contribution in [1.82, 2.24) is 4.31 Å². The Bertz CT molecular complexity index is 546. The Hall–Kier alpha value is -0.470. The van der Waals surface area contributed by atoms with Crippen LogP contribution in [0.5, 0.6) is 0 Å². The topological polar surface area (TPSA) is 72.6 Å². The summed E-state index contributed by atoms with van der Waals surface area (Å²) in [5, 5.41) is 1.86. The van der Waals surface area contributed by atoms with Crippen LogP contribution >= 0.6 is 11.3 Å². The average Bonchev–Trinajstić information content (AvgIpc) is 2.81. The maximum Gasteiger partial charge on any atom is 0.244 e. The fourth-order valence-electron chi connectivity index (χ4n) is 2.58. The lowest BCUT2D eigenvalue weighted by molar-refractivity contribution is 0.0290. The zero-order valence-corrected chi connectivity index (χ0v) is 13.6. The molecular formula is C13H22N2O3S2. The van der Waals surface area contributed by atoms with Gasteiger partial charge in [-0.1, -0.05) is 0 Å². The van der Waals surface area contributed by atoms with Crippen molar-refractivity contribution in [1.29, 1.82) is 0 Å². The number of ether oxygens (including phenoxy) is 1. The van der Waals surface area contributed by atoms with Crippen molar-refractivity contribution in [3.8, 4) is 0 Å². The van der Waals surface area contributed by atoms with Gasteiger partial charge in [-0.25, -0.2) is 8.42 Å². The molecule has 0 unspecified atom stereocenters. The van der Waals surface area contributed by atoms with E-state index in [1.165, 1.54) is 11.3 Å². The van der Waals surface area contributed by atoms with Crippen LogP contribution in [-0.2, 0) is 21.3 Å². The minimum atomic E-state index is -3.42. The van der Waals surface area contributed by atoms with Gasteiger partial charge in [-0.05, 0) is 37.6 Å². The highest BCUT2D eigenvalue weighted by Crippen LogP contribution is 2.30. The molecule has 1 aromatic heterocycles. The number of nitrogens with zero attached hydrogens (tertiary/aromatic N) is 1. The number of piperidine rings is 1. The highest BCUT2D eigenvalue weighted by atomic mass is 32.2. The first kappa shape index (κ1) is 15.9. The van der Waals surface area contributed by atoms with E-state index in [2.05, 4.69) is 0 Å². The van der Waals surface area contributed by atoms with Crippen LogP contribution in [0.25, 0.3) is 0 Å². The summed E-state index contributed by atoms with van der Waals surface area (Å²) in [6.07, 6.45) is 1.70. The van der Waals surface area contributed by atoms with Gasteiger partial charge < -0.3 is 10.5 Å². The van der Waals surface area contributed by atoms with Gasteiger partial charge in [0.25, 0.3) is 0 Å². The Labute approximate surface area is 124 Å². The molecule has 0 amide bonds. The first-order valence-corrected chi connectivity index (χ1v) is 9.21. The standard InChI is InChI=1S/C13H22N2O3S2/c1-3-18-11-4-6-15(7-5-11)20(16,17)13-10(2)9-19-12(13)8-14/h9,11H,3-8,14H2,1-2H3. The zero-order chi connectivity index (χ0) is 14.8. The molecule has 2 rings (SSSR count). The summed E-state index contributed by atoms with van der Waals surface area (Å²) in [5.74, 6) is 0. The molecule has 2 heterocycles. The average molecular weight is 318 g/mol. The highest BCUT2D eigenvalue weighted by Gasteiger charge is 2.32. The fraction of sp³-hybridized carbons (Fsp3) is 0.692. The molecule has 0 saturated carbocycles. The molecule has 2 N–H and O–H groups in total. The molecule has 0 spiro atoms. The monoisotopic (exact) mass is 318 g/mol. The van der Waals surface area contributed by atoms with E-state index in [1.807, 2.05) is 19.2 Å². The van der Waals surface area contributed by atoms with Gasteiger partial charge in [0, 0.05) is 31.1 Å². The SMILES string of the molecule is CCOC1CCN(S(=O)(=O)c2c(C)csc2CN)CC1. The lowest BCUT2D eigenvalue weighted by Gasteiger charge is -2.31. The largest absolute Gasteiger partial charge is 0.378 e. The molecule has 7 heteroatoms. The summed E-state index contributed by atoms with van der Waals surface area (Å²) in [4.78, 5) is 1.16. The van der Waals surface area contributed by atoms with Gasteiger partial charge in [0.15, 0.2) is 0 Å². The van der Waals surface area contributed by atoms with Crippen molar-refractivity contribution < 1.29 is 13.2 Å². The molecule has 0 atom stereocenters. The molecule has 0 radical (unpaired) electrons. The van der Waals surface area contributed by atoms with Gasteiger partial charge >= 0.3 is 0 Å². The van der Waals surface area contributed by atoms with E-state index in [4.69, 9.17) is 10.5 Å². The van der Waals surface area contributed by atoms with Crippen molar-refractivity contribution in [2.45, 2.75) is 44.2 Å². The second kappa shape index (κ2) is 6.53. The number of hydrogen-bond acceptors (Lipinski definition) is 5. The molecule has 5 nitrogen and oxygen atoms in total. The summed E-state index contributed by atoms with van der Waals surface area (Å²) < 4.78 is 32.6. The van der Waals surface area contributed by atoms with Gasteiger partial charge in [0.2, 0.25) is 10.0 Å². The molecule has 1 fully saturated rings. The van der Waals surface area contributed by atoms with Gasteiger partial charge in [-0.3, -0.25) is 0 Å². The number of rotatable bonds is 5. The predicted octanol–water partition coefficient (Wildman–Crippen LogP) is 1.70. The van der Waals surface area contributed by atoms with Gasteiger partial charge in [-0.2, -0.15) is 4.31 Å². The number of thiophene rings is 1. The molecular weight excluding hydrogens is 296 g/mol. The first-order chi connectivity index (χ1) is 9.50. The molecule has 114 valence electrons. The Morgan fingerprint density at radius 1 is 1.45 bits per heavy atom. The number of hydrogen-bond donors (Lipinski definition) is 1. The van der Waals surface area contributed by atoms with Gasteiger partial charge in [0.05, 0.1) is 6.10 Å². The maximum atomic E-state index is 12.7. The van der Waals surface area contributed by atoms with Crippen molar-refractivity contribution in [3.63, 3.8) is 0 Å². The molecule has 0 aliphatic carbocycles. The smallest absolute Gasteiger partial charge is 0.244 e. The molecule has 1 aromatic rings. The van der Waals surface area contributed by atoms with Gasteiger partial charge in [0.1, 0.15) is 4.90 Å². The molecule has 20 heavy (non-hydrogen) atoms. The molecule has 1 saturated heterocycles. The van der Waals surface area contributed by atoms with E-state index in [0.717, 1.165) is 23.3 Å². The lowest BCUT2D eigenvalue weighted by Crippen LogP contribution is -2.41. The van der Waals surface area contributed by atoms with Crippen LogP contribution in [0, 0.1) is 6.92 Å². The summed E-state index contributed by atoms with van der Waals surface area (Å²) >= 11 is 1.42. The van der Waals surface area contributed by atoms with Crippen LogP contribution in [0.1, 0.15) is 30.2 Å². The van der Waals surface area contributed by atoms with Crippen molar-refractivity contribution >= 4 is 21.4 Å². The molecule has 0 aromatic carbocycles. The van der Waals surface area contributed by atoms with Crippen molar-refractivity contribution in [2.75, 3.05) is 19.7 Å². The van der Waals surface area contributed by atoms with Gasteiger partial charge in [-0.15, -0.1) is 11.3 Å². The Kier molecular flexibility index (Phi) is 5.19. The lowest BCUT2D eigenvalue weighted by atomic mass is 10.1. The molecule has 0 bridgehead atoms. The summed E-state index contributed by atoms with van der Waals surface area (Å²) in [6.45, 7) is 5.78. The molecule has 1 aliphatic heterocycles. The quantitative estimate of drug-likeness (QED) is 0.897. The van der Waals surface area contributed by atoms with E-state index < -0.39 is 10.0 Å². The summed E-state index contributed by atoms with van der Waals surface area (Å²) in [7, 11) is -3.42. The van der Waals surface area contributed by atoms with Crippen LogP contribution in [-0.4, -0.2) is 38.5 Å². The minimum absolute atomic E-state index is 0.184. The van der Waals surface area contributed by atoms with Crippen molar-refractivity contribution in [2.24, 2.45) is 5.73 Å². The third-order valence-corrected chi connectivity index (χ3v) is 6.96. The van der Waals surface area contributed by atoms with Crippen molar-refractivity contribution in [3.05, 3.63) is 15.8 Å². The minimum Gasteiger partial charge on any atom is -0.378 e. The molecule has 1 aliphatic rings. The third kappa shape index (κ3) is 3.07. The van der Waals surface area contributed by atoms with E-state index in [0.29, 0.717) is 24.6 Å². The second-order valence-corrected chi connectivity index (χ2v) is 7.77. The van der Waals surface area contributed by atoms with E-state index in [9.17, 15) is 8.42 Å². The summed E-state index contributed by atoms with van der Waals surface area (Å²) in [5.41, 5.74) is 6.45. The number of sulfonamides is 1. The number of nitrogens with two attached hydrogens (primary N) is 1. The van der Waals surface area contributed by atoms with E-state index >= 15 is 0 Å². The number of aryl methyl sites for hydroxylation is 1. The van der Waals surface area contributed by atoms with Crippen LogP contribution < -0.4 is 5.73 Å². The Morgan fingerprint density at radius 3 is 2.65 bits per heavy atom. The maximum absolute atomic E-state index is 12.7. The van der Waals surface area contributed by atoms with Crippen LogP contribution in [0.3, 0.4) is 0 Å². The normalized spacial score (nSPS) is 18.6. The third-order valence-electron chi connectivity index (χ3n) is 3.58. The van der Waals surface area contributed by atoms with Crippen LogP contribution in [0.4, 0.5) is 0 Å². The van der Waals surface area contributed by atoms with Crippen LogP contribution in [0.15, 0.2) is 10.3 Å². The first-order valence-electron chi connectivity index (χ1n) is 6.89. The van der Waals surface area contributed by atoms with E-state index in [-0.39, 0.29) is 12.6 Å². The van der Waals surface area contributed by atoms with E-state index in [1.54, 1.807) is 4.31 Å².